The molecule has 0 heterocycles. The topological polar surface area (TPSA) is 127 Å². The lowest BCUT2D eigenvalue weighted by Gasteiger charge is -2.17. The highest BCUT2D eigenvalue weighted by Gasteiger charge is 2.23. The van der Waals surface area contributed by atoms with Crippen molar-refractivity contribution in [1.29, 1.82) is 0 Å². The molecule has 0 atom stereocenters. The molecule has 0 radical (unpaired) electrons. The number of non-ortho nitro benzene ring substituents is 1. The van der Waals surface area contributed by atoms with E-state index >= 15 is 0 Å². The van der Waals surface area contributed by atoms with Gasteiger partial charge in [0.2, 0.25) is 15.9 Å². The van der Waals surface area contributed by atoms with E-state index < -0.39 is 27.4 Å². The fourth-order valence-corrected chi connectivity index (χ4v) is 3.50. The van der Waals surface area contributed by atoms with Crippen molar-refractivity contribution in [2.24, 2.45) is 0 Å². The molecule has 2 aromatic carbocycles. The molecule has 0 saturated carbocycles. The highest BCUT2D eigenvalue weighted by Crippen LogP contribution is 2.22. The molecule has 1 N–H and O–H groups in total. The Morgan fingerprint density at radius 2 is 1.75 bits per heavy atom. The largest absolute Gasteiger partial charge is 0.324 e. The SMILES string of the molecule is CC(=O)c1ccc(S(=O)(=O)N(C)CC(=O)Nc2cc([N+](=O)[O-])ccc2C)cc1. The summed E-state index contributed by atoms with van der Waals surface area (Å²) in [6.45, 7) is 2.55. The van der Waals surface area contributed by atoms with Gasteiger partial charge in [-0.15, -0.1) is 0 Å². The van der Waals surface area contributed by atoms with Crippen LogP contribution in [0.3, 0.4) is 0 Å². The maximum Gasteiger partial charge on any atom is 0.271 e. The molecule has 0 fully saturated rings. The summed E-state index contributed by atoms with van der Waals surface area (Å²) in [5.74, 6) is -0.834. The summed E-state index contributed by atoms with van der Waals surface area (Å²) in [5.41, 5.74) is 1.02. The smallest absolute Gasteiger partial charge is 0.271 e. The van der Waals surface area contributed by atoms with E-state index in [1.54, 1.807) is 6.92 Å². The number of Topliss-reactive ketones (excluding diaryl/α,β-unsaturated/α-hetero) is 1. The molecule has 1 amide bonds. The minimum Gasteiger partial charge on any atom is -0.324 e. The average molecular weight is 405 g/mol. The Morgan fingerprint density at radius 3 is 2.29 bits per heavy atom. The number of nitrogens with one attached hydrogen (secondary N) is 1. The zero-order chi connectivity index (χ0) is 21.1. The van der Waals surface area contributed by atoms with Crippen LogP contribution in [0.25, 0.3) is 0 Å². The molecular weight excluding hydrogens is 386 g/mol. The van der Waals surface area contributed by atoms with Crippen LogP contribution in [0.15, 0.2) is 47.4 Å². The van der Waals surface area contributed by atoms with Gasteiger partial charge in [-0.05, 0) is 31.5 Å². The molecule has 0 aromatic heterocycles. The van der Waals surface area contributed by atoms with E-state index in [9.17, 15) is 28.1 Å². The second kappa shape index (κ2) is 8.28. The molecule has 0 unspecified atom stereocenters. The first-order chi connectivity index (χ1) is 13.0. The molecule has 0 spiro atoms. The Balaban J connectivity index is 2.14. The van der Waals surface area contributed by atoms with Crippen LogP contribution in [-0.4, -0.2) is 42.9 Å². The Kier molecular flexibility index (Phi) is 6.26. The number of nitrogens with zero attached hydrogens (tertiary/aromatic N) is 2. The van der Waals surface area contributed by atoms with Crippen LogP contribution < -0.4 is 5.32 Å². The number of benzene rings is 2. The van der Waals surface area contributed by atoms with Crippen LogP contribution in [0.4, 0.5) is 11.4 Å². The fraction of sp³-hybridized carbons (Fsp3) is 0.222. The molecule has 9 nitrogen and oxygen atoms in total. The number of hydrogen-bond acceptors (Lipinski definition) is 6. The molecule has 28 heavy (non-hydrogen) atoms. The zero-order valence-electron chi connectivity index (χ0n) is 15.5. The number of ketones is 1. The van der Waals surface area contributed by atoms with Gasteiger partial charge < -0.3 is 5.32 Å². The number of carbonyl (C=O) groups is 2. The summed E-state index contributed by atoms with van der Waals surface area (Å²) in [4.78, 5) is 33.8. The molecule has 0 aliphatic rings. The average Bonchev–Trinajstić information content (AvgIpc) is 2.63. The van der Waals surface area contributed by atoms with Crippen molar-refractivity contribution >= 4 is 33.1 Å². The van der Waals surface area contributed by atoms with Crippen LogP contribution in [0.1, 0.15) is 22.8 Å². The number of sulfonamides is 1. The van der Waals surface area contributed by atoms with Gasteiger partial charge in [-0.3, -0.25) is 19.7 Å². The van der Waals surface area contributed by atoms with Gasteiger partial charge >= 0.3 is 0 Å². The van der Waals surface area contributed by atoms with Gasteiger partial charge in [0.1, 0.15) is 0 Å². The minimum absolute atomic E-state index is 0.0562. The van der Waals surface area contributed by atoms with Gasteiger partial charge in [-0.2, -0.15) is 4.31 Å². The van der Waals surface area contributed by atoms with Gasteiger partial charge in [0.15, 0.2) is 5.78 Å². The monoisotopic (exact) mass is 405 g/mol. The molecule has 0 bridgehead atoms. The van der Waals surface area contributed by atoms with E-state index in [0.717, 1.165) is 4.31 Å². The number of aryl methyl sites for hydroxylation is 1. The molecule has 148 valence electrons. The second-order valence-corrected chi connectivity index (χ2v) is 8.19. The fourth-order valence-electron chi connectivity index (χ4n) is 2.38. The van der Waals surface area contributed by atoms with Crippen molar-refractivity contribution in [3.8, 4) is 0 Å². The van der Waals surface area contributed by atoms with Gasteiger partial charge in [0, 0.05) is 24.7 Å². The third kappa shape index (κ3) is 4.78. The molecule has 2 rings (SSSR count). The minimum atomic E-state index is -3.95. The summed E-state index contributed by atoms with van der Waals surface area (Å²) in [7, 11) is -2.70. The molecular formula is C18H19N3O6S. The van der Waals surface area contributed by atoms with E-state index in [0.29, 0.717) is 11.1 Å². The van der Waals surface area contributed by atoms with Crippen LogP contribution >= 0.6 is 0 Å². The predicted molar refractivity (Wildman–Crippen MR) is 103 cm³/mol. The summed E-state index contributed by atoms with van der Waals surface area (Å²) < 4.78 is 26.0. The number of hydrogen-bond donors (Lipinski definition) is 1. The third-order valence-electron chi connectivity index (χ3n) is 4.04. The van der Waals surface area contributed by atoms with Gasteiger partial charge in [-0.25, -0.2) is 8.42 Å². The lowest BCUT2D eigenvalue weighted by atomic mass is 10.2. The number of rotatable bonds is 7. The molecule has 2 aromatic rings. The third-order valence-corrected chi connectivity index (χ3v) is 5.86. The maximum absolute atomic E-state index is 12.6. The standard InChI is InChI=1S/C18H19N3O6S/c1-12-4-7-15(21(24)25)10-17(12)19-18(23)11-20(3)28(26,27)16-8-5-14(6-9-16)13(2)22/h4-10H,11H2,1-3H3,(H,19,23). The van der Waals surface area contributed by atoms with Crippen molar-refractivity contribution in [2.45, 2.75) is 18.7 Å². The van der Waals surface area contributed by atoms with Crippen molar-refractivity contribution in [1.82, 2.24) is 4.31 Å². The Hall–Kier alpha value is -3.11. The molecule has 10 heteroatoms. The van der Waals surface area contributed by atoms with Crippen LogP contribution in [0, 0.1) is 17.0 Å². The highest BCUT2D eigenvalue weighted by molar-refractivity contribution is 7.89. The van der Waals surface area contributed by atoms with E-state index in [2.05, 4.69) is 5.32 Å². The predicted octanol–water partition coefficient (Wildman–Crippen LogP) is 2.37. The number of anilines is 1. The van der Waals surface area contributed by atoms with Crippen molar-refractivity contribution in [3.63, 3.8) is 0 Å². The Bertz CT molecular complexity index is 1030. The maximum atomic E-state index is 12.6. The van der Waals surface area contributed by atoms with E-state index in [-0.39, 0.29) is 22.1 Å². The molecule has 0 aliphatic carbocycles. The number of nitro benzene ring substituents is 1. The summed E-state index contributed by atoms with van der Waals surface area (Å²) in [6.07, 6.45) is 0. The summed E-state index contributed by atoms with van der Waals surface area (Å²) in [5, 5.41) is 13.4. The normalized spacial score (nSPS) is 11.3. The quantitative estimate of drug-likeness (QED) is 0.428. The van der Waals surface area contributed by atoms with Crippen molar-refractivity contribution in [3.05, 3.63) is 63.7 Å². The first-order valence-corrected chi connectivity index (χ1v) is 9.58. The number of likely N-dealkylation sites (N-methyl/N-ethyl adjacent to an activating group) is 1. The van der Waals surface area contributed by atoms with E-state index in [4.69, 9.17) is 0 Å². The van der Waals surface area contributed by atoms with Crippen molar-refractivity contribution in [2.75, 3.05) is 18.9 Å². The molecule has 0 aliphatic heterocycles. The number of nitro groups is 1. The van der Waals surface area contributed by atoms with Gasteiger partial charge in [0.05, 0.1) is 22.1 Å². The first-order valence-electron chi connectivity index (χ1n) is 8.14. The lowest BCUT2D eigenvalue weighted by molar-refractivity contribution is -0.384. The lowest BCUT2D eigenvalue weighted by Crippen LogP contribution is -2.35. The Morgan fingerprint density at radius 1 is 1.14 bits per heavy atom. The summed E-state index contributed by atoms with van der Waals surface area (Å²) >= 11 is 0. The zero-order valence-corrected chi connectivity index (χ0v) is 16.3. The number of carbonyl (C=O) groups excluding carboxylic acids is 2. The first kappa shape index (κ1) is 21.2. The second-order valence-electron chi connectivity index (χ2n) is 6.15. The Labute approximate surface area is 162 Å². The van der Waals surface area contributed by atoms with Crippen molar-refractivity contribution < 1.29 is 22.9 Å². The van der Waals surface area contributed by atoms with E-state index in [1.807, 2.05) is 0 Å². The summed E-state index contributed by atoms with van der Waals surface area (Å²) in [6, 6.07) is 9.40. The van der Waals surface area contributed by atoms with Crippen LogP contribution in [0.2, 0.25) is 0 Å². The van der Waals surface area contributed by atoms with Crippen LogP contribution in [0.5, 0.6) is 0 Å². The van der Waals surface area contributed by atoms with E-state index in [1.165, 1.54) is 56.4 Å². The number of amides is 1. The van der Waals surface area contributed by atoms with Gasteiger partial charge in [0.25, 0.3) is 5.69 Å². The highest BCUT2D eigenvalue weighted by atomic mass is 32.2. The van der Waals surface area contributed by atoms with Crippen LogP contribution in [-0.2, 0) is 14.8 Å². The van der Waals surface area contributed by atoms with Gasteiger partial charge in [-0.1, -0.05) is 18.2 Å². The molecule has 0 saturated heterocycles.